The molecule has 3 heteroatoms. The molecule has 1 aromatic carbocycles. The normalized spacial score (nSPS) is 18.1. The zero-order valence-electron chi connectivity index (χ0n) is 12.7. The molecular weight excluding hydrogens is 258 g/mol. The van der Waals surface area contributed by atoms with Crippen molar-refractivity contribution in [2.75, 3.05) is 18.5 Å². The van der Waals surface area contributed by atoms with E-state index < -0.39 is 0 Å². The van der Waals surface area contributed by atoms with E-state index in [-0.39, 0.29) is 0 Å². The van der Waals surface area contributed by atoms with Gasteiger partial charge in [-0.2, -0.15) is 0 Å². The Morgan fingerprint density at radius 1 is 1.14 bits per heavy atom. The first-order chi connectivity index (χ1) is 10.3. The molecule has 1 N–H and O–H groups in total. The van der Waals surface area contributed by atoms with E-state index in [1.165, 1.54) is 42.0 Å². The van der Waals surface area contributed by atoms with Gasteiger partial charge >= 0.3 is 0 Å². The molecule has 0 amide bonds. The predicted octanol–water partition coefficient (Wildman–Crippen LogP) is 3.33. The lowest BCUT2D eigenvalue weighted by molar-refractivity contribution is 0.689. The van der Waals surface area contributed by atoms with Crippen LogP contribution in [0, 0.1) is 5.92 Å². The lowest BCUT2D eigenvalue weighted by atomic mass is 10.1. The Hall–Kier alpha value is -1.61. The Morgan fingerprint density at radius 2 is 1.90 bits per heavy atom. The van der Waals surface area contributed by atoms with Gasteiger partial charge in [-0.25, -0.2) is 4.98 Å². The van der Waals surface area contributed by atoms with Crippen molar-refractivity contribution in [2.24, 2.45) is 5.92 Å². The van der Waals surface area contributed by atoms with Crippen LogP contribution in [-0.2, 0) is 6.54 Å². The van der Waals surface area contributed by atoms with Crippen LogP contribution in [0.1, 0.15) is 31.2 Å². The lowest BCUT2D eigenvalue weighted by Gasteiger charge is -2.21. The van der Waals surface area contributed by atoms with Gasteiger partial charge in [0.2, 0.25) is 0 Å². The summed E-state index contributed by atoms with van der Waals surface area (Å²) >= 11 is 0. The molecule has 1 aromatic heterocycles. The van der Waals surface area contributed by atoms with Crippen LogP contribution in [0.5, 0.6) is 0 Å². The minimum Gasteiger partial charge on any atom is -0.359 e. The molecule has 2 aliphatic carbocycles. The quantitative estimate of drug-likeness (QED) is 0.880. The van der Waals surface area contributed by atoms with E-state index in [9.17, 15) is 0 Å². The van der Waals surface area contributed by atoms with Crippen LogP contribution < -0.4 is 10.2 Å². The third-order valence-electron chi connectivity index (χ3n) is 4.61. The van der Waals surface area contributed by atoms with Gasteiger partial charge in [-0.1, -0.05) is 24.3 Å². The fourth-order valence-corrected chi connectivity index (χ4v) is 3.00. The average molecular weight is 281 g/mol. The fourth-order valence-electron chi connectivity index (χ4n) is 3.00. The number of nitrogens with zero attached hydrogens (tertiary/aromatic N) is 2. The van der Waals surface area contributed by atoms with Gasteiger partial charge in [0.1, 0.15) is 5.82 Å². The Morgan fingerprint density at radius 3 is 2.62 bits per heavy atom. The molecule has 2 aromatic rings. The fraction of sp³-hybridized carbons (Fsp3) is 0.500. The van der Waals surface area contributed by atoms with E-state index >= 15 is 0 Å². The number of anilines is 1. The van der Waals surface area contributed by atoms with E-state index in [1.54, 1.807) is 0 Å². The number of nitrogens with one attached hydrogen (secondary N) is 1. The number of pyridine rings is 1. The summed E-state index contributed by atoms with van der Waals surface area (Å²) in [7, 11) is 2.18. The minimum atomic E-state index is 0.737. The zero-order chi connectivity index (χ0) is 14.2. The molecule has 0 radical (unpaired) electrons. The van der Waals surface area contributed by atoms with Gasteiger partial charge in [0.05, 0.1) is 0 Å². The highest BCUT2D eigenvalue weighted by Gasteiger charge is 2.24. The van der Waals surface area contributed by atoms with E-state index in [2.05, 4.69) is 47.7 Å². The van der Waals surface area contributed by atoms with Crippen molar-refractivity contribution < 1.29 is 0 Å². The van der Waals surface area contributed by atoms with Gasteiger partial charge in [-0.3, -0.25) is 0 Å². The topological polar surface area (TPSA) is 28.2 Å². The van der Waals surface area contributed by atoms with E-state index in [1.807, 2.05) is 0 Å². The monoisotopic (exact) mass is 281 g/mol. The van der Waals surface area contributed by atoms with Crippen LogP contribution in [0.15, 0.2) is 30.5 Å². The number of aromatic nitrogens is 1. The largest absolute Gasteiger partial charge is 0.359 e. The van der Waals surface area contributed by atoms with Crippen LogP contribution in [0.4, 0.5) is 5.82 Å². The number of benzene rings is 1. The molecule has 2 saturated carbocycles. The molecule has 0 aliphatic heterocycles. The highest BCUT2D eigenvalue weighted by Crippen LogP contribution is 2.33. The Labute approximate surface area is 126 Å². The molecule has 3 nitrogen and oxygen atoms in total. The molecule has 110 valence electrons. The molecule has 2 aliphatic rings. The van der Waals surface area contributed by atoms with Crippen molar-refractivity contribution >= 4 is 16.6 Å². The van der Waals surface area contributed by atoms with Gasteiger partial charge in [0.15, 0.2) is 0 Å². The average Bonchev–Trinajstić information content (AvgIpc) is 3.39. The molecule has 0 bridgehead atoms. The molecule has 0 atom stereocenters. The number of hydrogen-bond acceptors (Lipinski definition) is 3. The second kappa shape index (κ2) is 5.30. The van der Waals surface area contributed by atoms with Crippen LogP contribution in [0.3, 0.4) is 0 Å². The summed E-state index contributed by atoms with van der Waals surface area (Å²) in [5.41, 5.74) is 1.32. The number of fused-ring (bicyclic) bond motifs is 1. The maximum absolute atomic E-state index is 4.77. The molecule has 4 rings (SSSR count). The summed E-state index contributed by atoms with van der Waals surface area (Å²) in [5, 5.41) is 6.24. The van der Waals surface area contributed by atoms with E-state index in [0.717, 1.165) is 30.9 Å². The van der Waals surface area contributed by atoms with Gasteiger partial charge in [-0.15, -0.1) is 0 Å². The van der Waals surface area contributed by atoms with Crippen LogP contribution in [0.25, 0.3) is 10.8 Å². The van der Waals surface area contributed by atoms with E-state index in [0.29, 0.717) is 0 Å². The second-order valence-electron chi connectivity index (χ2n) is 6.63. The summed E-state index contributed by atoms with van der Waals surface area (Å²) in [4.78, 5) is 7.10. The SMILES string of the molecule is CN(CC1CC1)c1ncc(CNC2CC2)c2ccccc12. The van der Waals surface area contributed by atoms with Crippen molar-refractivity contribution in [3.63, 3.8) is 0 Å². The van der Waals surface area contributed by atoms with Gasteiger partial charge in [0.25, 0.3) is 0 Å². The van der Waals surface area contributed by atoms with Gasteiger partial charge in [0, 0.05) is 37.8 Å². The predicted molar refractivity (Wildman–Crippen MR) is 87.6 cm³/mol. The van der Waals surface area contributed by atoms with Crippen LogP contribution in [-0.4, -0.2) is 24.6 Å². The lowest BCUT2D eigenvalue weighted by Crippen LogP contribution is -2.22. The minimum absolute atomic E-state index is 0.737. The van der Waals surface area contributed by atoms with Crippen molar-refractivity contribution in [2.45, 2.75) is 38.3 Å². The van der Waals surface area contributed by atoms with Crippen molar-refractivity contribution in [1.29, 1.82) is 0 Å². The number of hydrogen-bond donors (Lipinski definition) is 1. The summed E-state index contributed by atoms with van der Waals surface area (Å²) in [6, 6.07) is 9.43. The van der Waals surface area contributed by atoms with E-state index in [4.69, 9.17) is 4.98 Å². The molecule has 0 unspecified atom stereocenters. The Balaban J connectivity index is 1.65. The standard InChI is InChI=1S/C18H23N3/c1-21(12-13-6-7-13)18-17-5-3-2-4-16(17)14(11-20-18)10-19-15-8-9-15/h2-5,11,13,15,19H,6-10,12H2,1H3. The molecule has 0 saturated heterocycles. The Bertz CT molecular complexity index is 644. The molecular formula is C18H23N3. The molecule has 2 fully saturated rings. The first-order valence-electron chi connectivity index (χ1n) is 8.12. The Kier molecular flexibility index (Phi) is 3.30. The van der Waals surface area contributed by atoms with Crippen LogP contribution >= 0.6 is 0 Å². The smallest absolute Gasteiger partial charge is 0.136 e. The third-order valence-corrected chi connectivity index (χ3v) is 4.61. The second-order valence-corrected chi connectivity index (χ2v) is 6.63. The summed E-state index contributed by atoms with van der Waals surface area (Å²) in [6.07, 6.45) is 7.48. The van der Waals surface area contributed by atoms with Crippen molar-refractivity contribution in [3.05, 3.63) is 36.0 Å². The van der Waals surface area contributed by atoms with Crippen molar-refractivity contribution in [1.82, 2.24) is 10.3 Å². The zero-order valence-corrected chi connectivity index (χ0v) is 12.7. The van der Waals surface area contributed by atoms with Gasteiger partial charge < -0.3 is 10.2 Å². The highest BCUT2D eigenvalue weighted by molar-refractivity contribution is 5.94. The molecule has 1 heterocycles. The summed E-state index contributed by atoms with van der Waals surface area (Å²) < 4.78 is 0. The first-order valence-corrected chi connectivity index (χ1v) is 8.12. The maximum atomic E-state index is 4.77. The van der Waals surface area contributed by atoms with Gasteiger partial charge in [-0.05, 0) is 42.6 Å². The third kappa shape index (κ3) is 2.88. The summed E-state index contributed by atoms with van der Waals surface area (Å²) in [5.74, 6) is 2.01. The molecule has 0 spiro atoms. The maximum Gasteiger partial charge on any atom is 0.136 e. The van der Waals surface area contributed by atoms with Crippen molar-refractivity contribution in [3.8, 4) is 0 Å². The van der Waals surface area contributed by atoms with Crippen LogP contribution in [0.2, 0.25) is 0 Å². The number of rotatable bonds is 6. The highest BCUT2D eigenvalue weighted by atomic mass is 15.2. The molecule has 21 heavy (non-hydrogen) atoms. The first kappa shape index (κ1) is 13.1. The summed E-state index contributed by atoms with van der Waals surface area (Å²) in [6.45, 7) is 2.07.